The summed E-state index contributed by atoms with van der Waals surface area (Å²) in [6.07, 6.45) is 0.418. The predicted molar refractivity (Wildman–Crippen MR) is 111 cm³/mol. The predicted octanol–water partition coefficient (Wildman–Crippen LogP) is 3.04. The average Bonchev–Trinajstić information content (AvgIpc) is 3.07. The van der Waals surface area contributed by atoms with Crippen LogP contribution in [-0.4, -0.2) is 55.3 Å². The van der Waals surface area contributed by atoms with Crippen LogP contribution in [0.1, 0.15) is 45.2 Å². The van der Waals surface area contributed by atoms with E-state index >= 15 is 0 Å². The van der Waals surface area contributed by atoms with Gasteiger partial charge in [-0.25, -0.2) is 14.2 Å². The molecular formula is C21H33FN4O3. The lowest BCUT2D eigenvalue weighted by Gasteiger charge is -2.23. The molecule has 162 valence electrons. The summed E-state index contributed by atoms with van der Waals surface area (Å²) >= 11 is 0. The van der Waals surface area contributed by atoms with Gasteiger partial charge in [-0.15, -0.1) is 0 Å². The zero-order valence-corrected chi connectivity index (χ0v) is 18.0. The van der Waals surface area contributed by atoms with Crippen LogP contribution in [0.2, 0.25) is 0 Å². The molecule has 1 atom stereocenters. The molecule has 1 fully saturated rings. The average molecular weight is 409 g/mol. The molecule has 29 heavy (non-hydrogen) atoms. The van der Waals surface area contributed by atoms with Gasteiger partial charge in [0.1, 0.15) is 11.4 Å². The van der Waals surface area contributed by atoms with Crippen LogP contribution in [0, 0.1) is 5.82 Å². The van der Waals surface area contributed by atoms with Crippen LogP contribution in [-0.2, 0) is 22.6 Å². The number of benzene rings is 1. The second-order valence-corrected chi connectivity index (χ2v) is 8.11. The molecule has 2 N–H and O–H groups in total. The van der Waals surface area contributed by atoms with Gasteiger partial charge in [0.05, 0.1) is 19.2 Å². The summed E-state index contributed by atoms with van der Waals surface area (Å²) in [6.45, 7) is 10.4. The van der Waals surface area contributed by atoms with Crippen molar-refractivity contribution in [2.24, 2.45) is 4.99 Å². The lowest BCUT2D eigenvalue weighted by atomic mass is 10.1. The van der Waals surface area contributed by atoms with Crippen molar-refractivity contribution < 1.29 is 18.7 Å². The van der Waals surface area contributed by atoms with Gasteiger partial charge < -0.3 is 25.0 Å². The van der Waals surface area contributed by atoms with Gasteiger partial charge in [-0.05, 0) is 51.8 Å². The Kier molecular flexibility index (Phi) is 8.25. The van der Waals surface area contributed by atoms with E-state index in [-0.39, 0.29) is 18.5 Å². The lowest BCUT2D eigenvalue weighted by molar-refractivity contribution is 0.0507. The smallest absolute Gasteiger partial charge is 0.407 e. The summed E-state index contributed by atoms with van der Waals surface area (Å²) in [5.74, 6) is 0.501. The number of aliphatic imine (C=N–C) groups is 1. The van der Waals surface area contributed by atoms with Gasteiger partial charge in [-0.2, -0.15) is 0 Å². The molecule has 1 aliphatic heterocycles. The molecule has 1 aromatic carbocycles. The summed E-state index contributed by atoms with van der Waals surface area (Å²) in [5.41, 5.74) is 0.916. The highest BCUT2D eigenvalue weighted by molar-refractivity contribution is 5.80. The number of nitrogens with one attached hydrogen (secondary N) is 2. The first-order valence-corrected chi connectivity index (χ1v) is 10.0. The first kappa shape index (κ1) is 22.9. The third-order valence-electron chi connectivity index (χ3n) is 4.36. The zero-order chi connectivity index (χ0) is 21.4. The number of amides is 1. The third-order valence-corrected chi connectivity index (χ3v) is 4.36. The molecule has 0 aromatic heterocycles. The Bertz CT molecular complexity index is 718. The maximum absolute atomic E-state index is 13.8. The fourth-order valence-electron chi connectivity index (χ4n) is 3.13. The molecule has 0 saturated carbocycles. The lowest BCUT2D eigenvalue weighted by Crippen LogP contribution is -2.44. The maximum Gasteiger partial charge on any atom is 0.407 e. The van der Waals surface area contributed by atoms with Crippen LogP contribution in [0.3, 0.4) is 0 Å². The van der Waals surface area contributed by atoms with E-state index in [1.165, 1.54) is 6.07 Å². The van der Waals surface area contributed by atoms with E-state index < -0.39 is 11.7 Å². The molecule has 0 radical (unpaired) electrons. The first-order valence-electron chi connectivity index (χ1n) is 10.0. The normalized spacial score (nSPS) is 17.4. The Balaban J connectivity index is 1.99. The highest BCUT2D eigenvalue weighted by Gasteiger charge is 2.27. The highest BCUT2D eigenvalue weighted by atomic mass is 19.1. The van der Waals surface area contributed by atoms with Gasteiger partial charge >= 0.3 is 6.09 Å². The largest absolute Gasteiger partial charge is 0.444 e. The van der Waals surface area contributed by atoms with E-state index in [0.717, 1.165) is 31.0 Å². The fourth-order valence-corrected chi connectivity index (χ4v) is 3.13. The molecule has 2 rings (SSSR count). The number of halogens is 1. The number of nitrogens with zero attached hydrogens (tertiary/aromatic N) is 2. The van der Waals surface area contributed by atoms with Crippen molar-refractivity contribution in [1.82, 2.24) is 15.5 Å². The van der Waals surface area contributed by atoms with Gasteiger partial charge in [0.25, 0.3) is 0 Å². The second-order valence-electron chi connectivity index (χ2n) is 8.11. The minimum Gasteiger partial charge on any atom is -0.444 e. The Morgan fingerprint density at radius 1 is 1.38 bits per heavy atom. The monoisotopic (exact) mass is 408 g/mol. The number of ether oxygens (including phenoxy) is 2. The van der Waals surface area contributed by atoms with Crippen molar-refractivity contribution in [3.05, 3.63) is 35.1 Å². The van der Waals surface area contributed by atoms with Gasteiger partial charge in [0, 0.05) is 32.3 Å². The van der Waals surface area contributed by atoms with Gasteiger partial charge in [-0.1, -0.05) is 6.07 Å². The van der Waals surface area contributed by atoms with E-state index in [2.05, 4.69) is 15.5 Å². The van der Waals surface area contributed by atoms with E-state index in [1.54, 1.807) is 19.2 Å². The molecule has 0 aliphatic carbocycles. The quantitative estimate of drug-likeness (QED) is 0.559. The number of rotatable bonds is 6. The number of carbonyl (C=O) groups excluding carboxylic acids is 1. The van der Waals surface area contributed by atoms with Gasteiger partial charge in [-0.3, -0.25) is 0 Å². The molecule has 1 saturated heterocycles. The number of likely N-dealkylation sites (tertiary alicyclic amines) is 1. The molecule has 1 aromatic rings. The molecule has 1 heterocycles. The molecule has 1 aliphatic rings. The minimum absolute atomic E-state index is 0.00725. The van der Waals surface area contributed by atoms with Crippen LogP contribution < -0.4 is 10.6 Å². The molecule has 0 bridgehead atoms. The fraction of sp³-hybridized carbons (Fsp3) is 0.619. The summed E-state index contributed by atoms with van der Waals surface area (Å²) in [4.78, 5) is 18.8. The van der Waals surface area contributed by atoms with Crippen molar-refractivity contribution in [2.45, 2.75) is 58.9 Å². The Morgan fingerprint density at radius 2 is 2.14 bits per heavy atom. The molecule has 0 spiro atoms. The first-order chi connectivity index (χ1) is 13.7. The molecular weight excluding hydrogens is 375 g/mol. The van der Waals surface area contributed by atoms with Crippen molar-refractivity contribution in [1.29, 1.82) is 0 Å². The van der Waals surface area contributed by atoms with E-state index in [1.807, 2.05) is 27.7 Å². The van der Waals surface area contributed by atoms with Crippen LogP contribution in [0.25, 0.3) is 0 Å². The Hall–Kier alpha value is -2.35. The second kappa shape index (κ2) is 10.4. The van der Waals surface area contributed by atoms with Crippen molar-refractivity contribution in [3.63, 3.8) is 0 Å². The number of guanidine groups is 1. The molecule has 1 unspecified atom stereocenters. The minimum atomic E-state index is -0.518. The number of carbonyl (C=O) groups is 1. The topological polar surface area (TPSA) is 75.2 Å². The van der Waals surface area contributed by atoms with E-state index in [0.29, 0.717) is 18.7 Å². The number of hydrogen-bond acceptors (Lipinski definition) is 4. The SMILES string of the molecule is CCNC(=NCc1ccc(F)c(COC)c1)N1CCC(NC(=O)OC(C)(C)C)C1. The summed E-state index contributed by atoms with van der Waals surface area (Å²) in [5, 5.41) is 6.21. The van der Waals surface area contributed by atoms with E-state index in [9.17, 15) is 9.18 Å². The zero-order valence-electron chi connectivity index (χ0n) is 18.0. The van der Waals surface area contributed by atoms with Crippen LogP contribution >= 0.6 is 0 Å². The number of methoxy groups -OCH3 is 1. The standard InChI is InChI=1S/C21H33FN4O3/c1-6-23-19(24-12-15-7-8-18(22)16(11-15)14-28-5)26-10-9-17(13-26)25-20(27)29-21(2,3)4/h7-8,11,17H,6,9-10,12-14H2,1-5H3,(H,23,24)(H,25,27). The van der Waals surface area contributed by atoms with Crippen LogP contribution in [0.15, 0.2) is 23.2 Å². The Labute approximate surface area is 172 Å². The highest BCUT2D eigenvalue weighted by Crippen LogP contribution is 2.15. The van der Waals surface area contributed by atoms with Crippen molar-refractivity contribution >= 4 is 12.1 Å². The summed E-state index contributed by atoms with van der Waals surface area (Å²) in [6, 6.07) is 4.97. The van der Waals surface area contributed by atoms with Crippen molar-refractivity contribution in [3.8, 4) is 0 Å². The maximum atomic E-state index is 13.8. The van der Waals surface area contributed by atoms with Crippen LogP contribution in [0.5, 0.6) is 0 Å². The third kappa shape index (κ3) is 7.53. The number of alkyl carbamates (subject to hydrolysis) is 1. The van der Waals surface area contributed by atoms with Crippen molar-refractivity contribution in [2.75, 3.05) is 26.7 Å². The van der Waals surface area contributed by atoms with Gasteiger partial charge in [0.2, 0.25) is 0 Å². The molecule has 8 heteroatoms. The Morgan fingerprint density at radius 3 is 2.79 bits per heavy atom. The number of hydrogen-bond donors (Lipinski definition) is 2. The summed E-state index contributed by atoms with van der Waals surface area (Å²) < 4.78 is 24.2. The summed E-state index contributed by atoms with van der Waals surface area (Å²) in [7, 11) is 1.54. The molecule has 7 nitrogen and oxygen atoms in total. The van der Waals surface area contributed by atoms with Gasteiger partial charge in [0.15, 0.2) is 5.96 Å². The molecule has 1 amide bonds. The van der Waals surface area contributed by atoms with Crippen LogP contribution in [0.4, 0.5) is 9.18 Å². The van der Waals surface area contributed by atoms with E-state index in [4.69, 9.17) is 14.5 Å².